The largest absolute Gasteiger partial charge is 0.378 e. The van der Waals surface area contributed by atoms with Gasteiger partial charge in [-0.1, -0.05) is 24.3 Å². The van der Waals surface area contributed by atoms with Crippen LogP contribution in [0.1, 0.15) is 27.2 Å². The van der Waals surface area contributed by atoms with Gasteiger partial charge < -0.3 is 10.2 Å². The smallest absolute Gasteiger partial charge is 0.258 e. The number of benzene rings is 1. The molecule has 1 fully saturated rings. The van der Waals surface area contributed by atoms with Crippen molar-refractivity contribution < 1.29 is 4.79 Å². The van der Waals surface area contributed by atoms with E-state index in [0.717, 1.165) is 49.0 Å². The lowest BCUT2D eigenvalue weighted by molar-refractivity contribution is 0.0628. The molecule has 0 unspecified atom stereocenters. The van der Waals surface area contributed by atoms with Crippen molar-refractivity contribution in [3.8, 4) is 0 Å². The molecule has 1 aliphatic heterocycles. The second-order valence-corrected chi connectivity index (χ2v) is 6.99. The minimum Gasteiger partial charge on any atom is -0.378 e. The van der Waals surface area contributed by atoms with Crippen molar-refractivity contribution in [3.05, 3.63) is 46.6 Å². The lowest BCUT2D eigenvalue weighted by atomic mass is 10.1. The van der Waals surface area contributed by atoms with Crippen LogP contribution in [0.2, 0.25) is 0 Å². The normalized spacial score (nSPS) is 15.5. The van der Waals surface area contributed by atoms with Gasteiger partial charge in [-0.3, -0.25) is 9.69 Å². The Morgan fingerprint density at radius 3 is 2.58 bits per heavy atom. The van der Waals surface area contributed by atoms with Crippen molar-refractivity contribution in [1.29, 1.82) is 0 Å². The van der Waals surface area contributed by atoms with Gasteiger partial charge in [-0.25, -0.2) is 0 Å². The molecular formula is C18H24N4OS. The SMILES string of the molecule is CNc1snc(C)c1C(=O)N1CCN(Cc2ccccc2C)CC1. The lowest BCUT2D eigenvalue weighted by Crippen LogP contribution is -2.48. The predicted molar refractivity (Wildman–Crippen MR) is 98.8 cm³/mol. The van der Waals surface area contributed by atoms with Gasteiger partial charge in [-0.05, 0) is 36.5 Å². The third-order valence-electron chi connectivity index (χ3n) is 4.62. The maximum absolute atomic E-state index is 12.8. The molecule has 5 nitrogen and oxygen atoms in total. The molecule has 1 aromatic heterocycles. The van der Waals surface area contributed by atoms with Crippen LogP contribution in [0.15, 0.2) is 24.3 Å². The summed E-state index contributed by atoms with van der Waals surface area (Å²) in [5.41, 5.74) is 4.24. The molecule has 2 heterocycles. The summed E-state index contributed by atoms with van der Waals surface area (Å²) in [6.07, 6.45) is 0. The monoisotopic (exact) mass is 344 g/mol. The second-order valence-electron chi connectivity index (χ2n) is 6.22. The highest BCUT2D eigenvalue weighted by Crippen LogP contribution is 2.26. The summed E-state index contributed by atoms with van der Waals surface area (Å²) >= 11 is 1.35. The molecule has 0 aliphatic carbocycles. The number of hydrogen-bond donors (Lipinski definition) is 1. The number of aromatic nitrogens is 1. The first kappa shape index (κ1) is 16.9. The first-order valence-electron chi connectivity index (χ1n) is 8.30. The molecule has 2 aromatic rings. The van der Waals surface area contributed by atoms with Crippen LogP contribution in [0.25, 0.3) is 0 Å². The first-order valence-corrected chi connectivity index (χ1v) is 9.07. The Labute approximate surface area is 147 Å². The number of aryl methyl sites for hydroxylation is 2. The first-order chi connectivity index (χ1) is 11.6. The van der Waals surface area contributed by atoms with E-state index in [-0.39, 0.29) is 5.91 Å². The van der Waals surface area contributed by atoms with Crippen molar-refractivity contribution in [2.24, 2.45) is 0 Å². The topological polar surface area (TPSA) is 48.5 Å². The molecule has 24 heavy (non-hydrogen) atoms. The number of carbonyl (C=O) groups excluding carboxylic acids is 1. The van der Waals surface area contributed by atoms with Crippen LogP contribution in [0.5, 0.6) is 0 Å². The number of nitrogens with zero attached hydrogens (tertiary/aromatic N) is 3. The molecule has 0 atom stereocenters. The number of hydrogen-bond acceptors (Lipinski definition) is 5. The number of rotatable bonds is 4. The minimum absolute atomic E-state index is 0.0983. The Bertz CT molecular complexity index is 720. The highest BCUT2D eigenvalue weighted by Gasteiger charge is 2.26. The van der Waals surface area contributed by atoms with Gasteiger partial charge in [0.1, 0.15) is 5.00 Å². The summed E-state index contributed by atoms with van der Waals surface area (Å²) < 4.78 is 4.31. The molecule has 1 saturated heterocycles. The summed E-state index contributed by atoms with van der Waals surface area (Å²) in [6, 6.07) is 8.51. The van der Waals surface area contributed by atoms with Crippen LogP contribution in [-0.2, 0) is 6.54 Å². The third kappa shape index (κ3) is 3.44. The lowest BCUT2D eigenvalue weighted by Gasteiger charge is -2.35. The van der Waals surface area contributed by atoms with Crippen LogP contribution < -0.4 is 5.32 Å². The van der Waals surface area contributed by atoms with E-state index in [1.54, 1.807) is 0 Å². The van der Waals surface area contributed by atoms with Crippen molar-refractivity contribution in [2.45, 2.75) is 20.4 Å². The van der Waals surface area contributed by atoms with Crippen LogP contribution in [0.3, 0.4) is 0 Å². The minimum atomic E-state index is 0.0983. The van der Waals surface area contributed by atoms with Gasteiger partial charge in [-0.15, -0.1) is 0 Å². The van der Waals surface area contributed by atoms with E-state index in [1.807, 2.05) is 18.9 Å². The Morgan fingerprint density at radius 2 is 1.92 bits per heavy atom. The van der Waals surface area contributed by atoms with E-state index in [4.69, 9.17) is 0 Å². The summed E-state index contributed by atoms with van der Waals surface area (Å²) in [4.78, 5) is 17.2. The molecule has 1 aromatic carbocycles. The quantitative estimate of drug-likeness (QED) is 0.926. The highest BCUT2D eigenvalue weighted by atomic mass is 32.1. The Balaban J connectivity index is 1.62. The van der Waals surface area contributed by atoms with Crippen molar-refractivity contribution in [1.82, 2.24) is 14.2 Å². The molecule has 1 N–H and O–H groups in total. The fraction of sp³-hybridized carbons (Fsp3) is 0.444. The summed E-state index contributed by atoms with van der Waals surface area (Å²) in [5.74, 6) is 0.0983. The molecule has 0 spiro atoms. The molecule has 0 bridgehead atoms. The molecule has 0 radical (unpaired) electrons. The third-order valence-corrected chi connectivity index (χ3v) is 5.57. The molecule has 128 valence electrons. The van der Waals surface area contributed by atoms with E-state index in [0.29, 0.717) is 0 Å². The van der Waals surface area contributed by atoms with E-state index < -0.39 is 0 Å². The van der Waals surface area contributed by atoms with E-state index in [9.17, 15) is 4.79 Å². The number of piperazine rings is 1. The summed E-state index contributed by atoms with van der Waals surface area (Å²) in [7, 11) is 1.84. The molecule has 1 amide bonds. The molecule has 1 aliphatic rings. The van der Waals surface area contributed by atoms with Gasteiger partial charge in [-0.2, -0.15) is 4.37 Å². The number of anilines is 1. The Kier molecular flexibility index (Phi) is 5.16. The molecule has 3 rings (SSSR count). The summed E-state index contributed by atoms with van der Waals surface area (Å²) in [5, 5.41) is 3.94. The van der Waals surface area contributed by atoms with Gasteiger partial charge in [0, 0.05) is 39.8 Å². The maximum Gasteiger partial charge on any atom is 0.258 e. The van der Waals surface area contributed by atoms with E-state index in [2.05, 4.69) is 45.8 Å². The fourth-order valence-electron chi connectivity index (χ4n) is 3.09. The van der Waals surface area contributed by atoms with Gasteiger partial charge in [0.15, 0.2) is 0 Å². The average molecular weight is 344 g/mol. The Morgan fingerprint density at radius 1 is 1.21 bits per heavy atom. The Hall–Kier alpha value is -1.92. The number of carbonyl (C=O) groups is 1. The van der Waals surface area contributed by atoms with Crippen LogP contribution >= 0.6 is 11.5 Å². The number of nitrogens with one attached hydrogen (secondary N) is 1. The van der Waals surface area contributed by atoms with Crippen LogP contribution in [0.4, 0.5) is 5.00 Å². The van der Waals surface area contributed by atoms with Crippen molar-refractivity contribution in [2.75, 3.05) is 38.5 Å². The zero-order valence-corrected chi connectivity index (χ0v) is 15.3. The highest BCUT2D eigenvalue weighted by molar-refractivity contribution is 7.10. The standard InChI is InChI=1S/C18H24N4OS/c1-13-6-4-5-7-15(13)12-21-8-10-22(11-9-21)18(23)16-14(2)20-24-17(16)19-3/h4-7,19H,8-12H2,1-3H3. The molecule has 0 saturated carbocycles. The zero-order chi connectivity index (χ0) is 17.1. The average Bonchev–Trinajstić information content (AvgIpc) is 2.98. The van der Waals surface area contributed by atoms with Gasteiger partial charge in [0.25, 0.3) is 5.91 Å². The fourth-order valence-corrected chi connectivity index (χ4v) is 3.82. The van der Waals surface area contributed by atoms with Crippen LogP contribution in [0, 0.1) is 13.8 Å². The zero-order valence-electron chi connectivity index (χ0n) is 14.5. The van der Waals surface area contributed by atoms with Gasteiger partial charge in [0.05, 0.1) is 11.3 Å². The van der Waals surface area contributed by atoms with Crippen molar-refractivity contribution >= 4 is 22.4 Å². The van der Waals surface area contributed by atoms with E-state index >= 15 is 0 Å². The van der Waals surface area contributed by atoms with E-state index in [1.165, 1.54) is 22.7 Å². The van der Waals surface area contributed by atoms with Gasteiger partial charge >= 0.3 is 0 Å². The van der Waals surface area contributed by atoms with Gasteiger partial charge in [0.2, 0.25) is 0 Å². The predicted octanol–water partition coefficient (Wildman–Crippen LogP) is 2.76. The molecule has 6 heteroatoms. The number of amides is 1. The maximum atomic E-state index is 12.8. The van der Waals surface area contributed by atoms with Crippen molar-refractivity contribution in [3.63, 3.8) is 0 Å². The molecular weight excluding hydrogens is 320 g/mol. The summed E-state index contributed by atoms with van der Waals surface area (Å²) in [6.45, 7) is 8.36. The second kappa shape index (κ2) is 7.32. The van der Waals surface area contributed by atoms with Crippen LogP contribution in [-0.4, -0.2) is 53.3 Å².